The van der Waals surface area contributed by atoms with Crippen LogP contribution in [0, 0.1) is 33.5 Å². The summed E-state index contributed by atoms with van der Waals surface area (Å²) in [4.78, 5) is 44.5. The van der Waals surface area contributed by atoms with Gasteiger partial charge in [-0.05, 0) is 69.1 Å². The average Bonchev–Trinajstić information content (AvgIpc) is 2.53. The molecule has 0 radical (unpaired) electrons. The highest BCUT2D eigenvalue weighted by Gasteiger charge is 2.38. The van der Waals surface area contributed by atoms with Gasteiger partial charge in [0.05, 0.1) is 11.5 Å². The number of aliphatic carboxylic acids is 1. The number of nitrogens with one attached hydrogen (secondary N) is 1. The molecule has 0 aliphatic carbocycles. The van der Waals surface area contributed by atoms with Crippen LogP contribution in [-0.4, -0.2) is 34.1 Å². The van der Waals surface area contributed by atoms with Crippen molar-refractivity contribution in [2.24, 2.45) is 33.5 Å². The van der Waals surface area contributed by atoms with Crippen LogP contribution in [0.4, 0.5) is 0 Å². The fraction of sp³-hybridized carbons (Fsp3) is 0.867. The van der Waals surface area contributed by atoms with E-state index in [1.807, 2.05) is 20.8 Å². The highest BCUT2D eigenvalue weighted by atomic mass is 16.4. The van der Waals surface area contributed by atoms with Gasteiger partial charge in [0.1, 0.15) is 5.78 Å². The Morgan fingerprint density at radius 1 is 0.611 bits per heavy atom. The quantitative estimate of drug-likeness (QED) is 0.387. The molecule has 0 aromatic heterocycles. The summed E-state index contributed by atoms with van der Waals surface area (Å²) in [5.41, 5.74) is -0.909. The molecular formula is C30H59NO5. The van der Waals surface area contributed by atoms with Crippen molar-refractivity contribution in [2.75, 3.05) is 0 Å². The SMILES string of the molecule is CC(=O)C(C)(C)NC(=O)C(CC(C)(C)C)C(C)(C)C.CC(C)(C)CC(C(=O)O)C(C)(C)C.CC(C)=O. The van der Waals surface area contributed by atoms with Crippen molar-refractivity contribution < 1.29 is 24.3 Å². The first-order valence-corrected chi connectivity index (χ1v) is 13.0. The third-order valence-corrected chi connectivity index (χ3v) is 5.65. The van der Waals surface area contributed by atoms with Crippen molar-refractivity contribution in [2.45, 2.75) is 136 Å². The number of hydrogen-bond donors (Lipinski definition) is 2. The molecule has 2 atom stereocenters. The summed E-state index contributed by atoms with van der Waals surface area (Å²) in [7, 11) is 0. The minimum Gasteiger partial charge on any atom is -0.481 e. The lowest BCUT2D eigenvalue weighted by Gasteiger charge is -2.36. The van der Waals surface area contributed by atoms with Gasteiger partial charge in [0.25, 0.3) is 0 Å². The topological polar surface area (TPSA) is 101 Å². The Hall–Kier alpha value is -1.72. The van der Waals surface area contributed by atoms with Crippen LogP contribution < -0.4 is 5.32 Å². The van der Waals surface area contributed by atoms with Crippen LogP contribution in [0.25, 0.3) is 0 Å². The van der Waals surface area contributed by atoms with Crippen molar-refractivity contribution in [1.82, 2.24) is 5.32 Å². The predicted molar refractivity (Wildman–Crippen MR) is 151 cm³/mol. The Labute approximate surface area is 222 Å². The lowest BCUT2D eigenvalue weighted by atomic mass is 9.71. The molecule has 0 heterocycles. The molecule has 0 rings (SSSR count). The van der Waals surface area contributed by atoms with Crippen molar-refractivity contribution in [3.8, 4) is 0 Å². The van der Waals surface area contributed by atoms with Gasteiger partial charge in [0.15, 0.2) is 5.78 Å². The lowest BCUT2D eigenvalue weighted by molar-refractivity contribution is -0.147. The first-order valence-electron chi connectivity index (χ1n) is 13.0. The van der Waals surface area contributed by atoms with Crippen LogP contribution in [-0.2, 0) is 19.2 Å². The van der Waals surface area contributed by atoms with Crippen molar-refractivity contribution in [3.63, 3.8) is 0 Å². The van der Waals surface area contributed by atoms with Crippen LogP contribution in [0.5, 0.6) is 0 Å². The Bertz CT molecular complexity index is 718. The van der Waals surface area contributed by atoms with E-state index < -0.39 is 11.5 Å². The molecule has 0 bridgehead atoms. The zero-order chi connectivity index (χ0) is 30.1. The third-order valence-electron chi connectivity index (χ3n) is 5.65. The second-order valence-corrected chi connectivity index (χ2v) is 15.3. The zero-order valence-electron chi connectivity index (χ0n) is 26.6. The molecule has 0 aromatic carbocycles. The summed E-state index contributed by atoms with van der Waals surface area (Å²) < 4.78 is 0. The standard InChI is InChI=1S/C16H31NO2.C11H22O2.C3H6O/c1-11(18)16(8,9)17-13(19)12(15(5,6)7)10-14(2,3)4;1-10(2,3)7-8(9(12)13)11(4,5)6;1-3(2)4/h12H,10H2,1-9H3,(H,17,19);8H,7H2,1-6H3,(H,12,13);1-2H3. The van der Waals surface area contributed by atoms with Gasteiger partial charge in [-0.2, -0.15) is 0 Å². The molecule has 0 aromatic rings. The lowest BCUT2D eigenvalue weighted by Crippen LogP contribution is -2.53. The van der Waals surface area contributed by atoms with E-state index in [0.29, 0.717) is 0 Å². The van der Waals surface area contributed by atoms with E-state index in [9.17, 15) is 19.2 Å². The summed E-state index contributed by atoms with van der Waals surface area (Å²) in [5.74, 6) is -0.923. The minimum atomic E-state index is -0.793. The number of hydrogen-bond acceptors (Lipinski definition) is 4. The van der Waals surface area contributed by atoms with Crippen LogP contribution in [0.1, 0.15) is 131 Å². The van der Waals surface area contributed by atoms with Crippen molar-refractivity contribution in [1.29, 1.82) is 0 Å². The number of carbonyl (C=O) groups is 4. The molecule has 2 N–H and O–H groups in total. The summed E-state index contributed by atoms with van der Waals surface area (Å²) in [6.45, 7) is 32.9. The molecule has 0 aliphatic rings. The summed E-state index contributed by atoms with van der Waals surface area (Å²) in [6.07, 6.45) is 1.53. The smallest absolute Gasteiger partial charge is 0.307 e. The van der Waals surface area contributed by atoms with Crippen LogP contribution in [0.2, 0.25) is 0 Å². The predicted octanol–water partition coefficient (Wildman–Crippen LogP) is 7.33. The van der Waals surface area contributed by atoms with Gasteiger partial charge in [0.2, 0.25) is 5.91 Å². The van der Waals surface area contributed by atoms with E-state index in [0.717, 1.165) is 12.8 Å². The maximum Gasteiger partial charge on any atom is 0.307 e. The Morgan fingerprint density at radius 2 is 0.889 bits per heavy atom. The number of Topliss-reactive ketones (excluding diaryl/α,β-unsaturated/α-hetero) is 2. The molecule has 1 amide bonds. The molecule has 36 heavy (non-hydrogen) atoms. The Kier molecular flexibility index (Phi) is 15.4. The summed E-state index contributed by atoms with van der Waals surface area (Å²) in [6, 6.07) is 0. The molecule has 0 saturated heterocycles. The first-order chi connectivity index (χ1) is 15.4. The molecule has 214 valence electrons. The van der Waals surface area contributed by atoms with Crippen LogP contribution in [0.3, 0.4) is 0 Å². The van der Waals surface area contributed by atoms with Gasteiger partial charge in [0, 0.05) is 5.92 Å². The molecule has 0 aliphatic heterocycles. The second kappa shape index (κ2) is 14.3. The normalized spacial score (nSPS) is 14.2. The largest absolute Gasteiger partial charge is 0.481 e. The van der Waals surface area contributed by atoms with Crippen LogP contribution in [0.15, 0.2) is 0 Å². The maximum atomic E-state index is 12.5. The van der Waals surface area contributed by atoms with E-state index in [1.54, 1.807) is 13.8 Å². The zero-order valence-corrected chi connectivity index (χ0v) is 26.6. The average molecular weight is 514 g/mol. The highest BCUT2D eigenvalue weighted by Crippen LogP contribution is 2.37. The number of amides is 1. The monoisotopic (exact) mass is 513 g/mol. The Balaban J connectivity index is -0.000000553. The van der Waals surface area contributed by atoms with E-state index in [2.05, 4.69) is 67.6 Å². The molecule has 6 heteroatoms. The maximum absolute atomic E-state index is 12.5. The van der Waals surface area contributed by atoms with Gasteiger partial charge in [-0.3, -0.25) is 14.4 Å². The van der Waals surface area contributed by atoms with E-state index in [1.165, 1.54) is 20.8 Å². The molecule has 0 fully saturated rings. The molecular weight excluding hydrogens is 454 g/mol. The van der Waals surface area contributed by atoms with E-state index >= 15 is 0 Å². The van der Waals surface area contributed by atoms with E-state index in [4.69, 9.17) is 5.11 Å². The van der Waals surface area contributed by atoms with E-state index in [-0.39, 0.29) is 51.0 Å². The number of carbonyl (C=O) groups excluding carboxylic acids is 3. The Morgan fingerprint density at radius 3 is 1.06 bits per heavy atom. The number of carboxylic acid groups (broad SMARTS) is 1. The van der Waals surface area contributed by atoms with Crippen LogP contribution >= 0.6 is 0 Å². The molecule has 0 saturated carbocycles. The van der Waals surface area contributed by atoms with Gasteiger partial charge in [-0.15, -0.1) is 0 Å². The third kappa shape index (κ3) is 20.5. The van der Waals surface area contributed by atoms with Gasteiger partial charge in [-0.1, -0.05) is 83.1 Å². The van der Waals surface area contributed by atoms with Gasteiger partial charge >= 0.3 is 5.97 Å². The van der Waals surface area contributed by atoms with Crippen molar-refractivity contribution >= 4 is 23.4 Å². The summed E-state index contributed by atoms with van der Waals surface area (Å²) in [5, 5.41) is 12.0. The first kappa shape index (κ1) is 38.8. The second-order valence-electron chi connectivity index (χ2n) is 15.3. The van der Waals surface area contributed by atoms with Gasteiger partial charge in [-0.25, -0.2) is 0 Å². The van der Waals surface area contributed by atoms with Gasteiger partial charge < -0.3 is 15.2 Å². The van der Waals surface area contributed by atoms with Crippen molar-refractivity contribution in [3.05, 3.63) is 0 Å². The number of carboxylic acids is 1. The minimum absolute atomic E-state index is 0.0238. The molecule has 6 nitrogen and oxygen atoms in total. The fourth-order valence-electron chi connectivity index (χ4n) is 3.26. The number of ketones is 2. The summed E-state index contributed by atoms with van der Waals surface area (Å²) >= 11 is 0. The number of rotatable bonds is 6. The fourth-order valence-corrected chi connectivity index (χ4v) is 3.26. The molecule has 0 spiro atoms. The highest BCUT2D eigenvalue weighted by molar-refractivity contribution is 5.91. The molecule has 2 unspecified atom stereocenters.